The van der Waals surface area contributed by atoms with Crippen LogP contribution in [0, 0.1) is 0 Å². The van der Waals surface area contributed by atoms with Crippen molar-refractivity contribution >= 4 is 23.7 Å². The van der Waals surface area contributed by atoms with Crippen LogP contribution in [-0.4, -0.2) is 49.7 Å². The average molecular weight is 236 g/mol. The van der Waals surface area contributed by atoms with E-state index in [0.29, 0.717) is 11.5 Å². The molecule has 0 radical (unpaired) electrons. The summed E-state index contributed by atoms with van der Waals surface area (Å²) < 4.78 is 8.88. The average Bonchev–Trinajstić information content (AvgIpc) is 2.26. The van der Waals surface area contributed by atoms with Crippen molar-refractivity contribution in [1.29, 1.82) is 0 Å². The molecule has 0 aromatic heterocycles. The topological polar surface area (TPSA) is 105 Å². The summed E-state index contributed by atoms with van der Waals surface area (Å²) in [6, 6.07) is -1.38. The van der Waals surface area contributed by atoms with Gasteiger partial charge in [-0.1, -0.05) is 0 Å². The highest BCUT2D eigenvalue weighted by molar-refractivity contribution is 7.99. The molecule has 6 nitrogen and oxygen atoms in total. The minimum absolute atomic E-state index is 0.358. The molecule has 0 aliphatic carbocycles. The maximum absolute atomic E-state index is 10.9. The van der Waals surface area contributed by atoms with E-state index < -0.39 is 24.0 Å². The van der Waals surface area contributed by atoms with Gasteiger partial charge in [0.25, 0.3) is 0 Å². The molecular formula is C8H16N2O4S. The summed E-state index contributed by atoms with van der Waals surface area (Å²) in [7, 11) is 2.54. The Kier molecular flexibility index (Phi) is 7.10. The highest BCUT2D eigenvalue weighted by atomic mass is 32.2. The minimum atomic E-state index is -0.690. The standard InChI is InChI=1S/C8H16N2O4S/c1-13-7(11)5(9)3-15-4-6(10)8(12)14-2/h5-6H,3-4,9-10H2,1-2H3/t5-,6?/m0/s1. The number of carbonyl (C=O) groups is 2. The Hall–Kier alpha value is -0.790. The van der Waals surface area contributed by atoms with Gasteiger partial charge in [-0.3, -0.25) is 9.59 Å². The highest BCUT2D eigenvalue weighted by Crippen LogP contribution is 2.05. The number of hydrogen-bond acceptors (Lipinski definition) is 7. The lowest BCUT2D eigenvalue weighted by Gasteiger charge is -2.11. The van der Waals surface area contributed by atoms with Gasteiger partial charge in [0.15, 0.2) is 0 Å². The minimum Gasteiger partial charge on any atom is -0.468 e. The SMILES string of the molecule is COC(=O)C(N)CSC[C@H](N)C(=O)OC. The number of nitrogens with two attached hydrogens (primary N) is 2. The van der Waals surface area contributed by atoms with Crippen LogP contribution in [-0.2, 0) is 19.1 Å². The third-order valence-corrected chi connectivity index (χ3v) is 2.79. The van der Waals surface area contributed by atoms with E-state index in [2.05, 4.69) is 9.47 Å². The van der Waals surface area contributed by atoms with E-state index in [9.17, 15) is 9.59 Å². The second-order valence-electron chi connectivity index (χ2n) is 2.80. The van der Waals surface area contributed by atoms with Crippen LogP contribution in [0.1, 0.15) is 0 Å². The molecule has 0 aromatic rings. The summed E-state index contributed by atoms with van der Waals surface area (Å²) in [4.78, 5) is 21.8. The van der Waals surface area contributed by atoms with Crippen LogP contribution in [0.5, 0.6) is 0 Å². The van der Waals surface area contributed by atoms with Gasteiger partial charge in [-0.2, -0.15) is 11.8 Å². The number of carbonyl (C=O) groups excluding carboxylic acids is 2. The van der Waals surface area contributed by atoms with Gasteiger partial charge in [0.05, 0.1) is 14.2 Å². The Labute approximate surface area is 92.6 Å². The van der Waals surface area contributed by atoms with Gasteiger partial charge in [0.2, 0.25) is 0 Å². The largest absolute Gasteiger partial charge is 0.468 e. The first-order valence-corrected chi connectivity index (χ1v) is 5.43. The number of ether oxygens (including phenoxy) is 2. The predicted molar refractivity (Wildman–Crippen MR) is 57.3 cm³/mol. The van der Waals surface area contributed by atoms with Crippen molar-refractivity contribution in [1.82, 2.24) is 0 Å². The van der Waals surface area contributed by atoms with Crippen LogP contribution in [0.25, 0.3) is 0 Å². The van der Waals surface area contributed by atoms with E-state index in [1.165, 1.54) is 26.0 Å². The second-order valence-corrected chi connectivity index (χ2v) is 3.87. The van der Waals surface area contributed by atoms with Crippen molar-refractivity contribution < 1.29 is 19.1 Å². The molecule has 0 saturated heterocycles. The van der Waals surface area contributed by atoms with Crippen LogP contribution in [0.15, 0.2) is 0 Å². The van der Waals surface area contributed by atoms with Gasteiger partial charge in [0, 0.05) is 11.5 Å². The van der Waals surface area contributed by atoms with Gasteiger partial charge < -0.3 is 20.9 Å². The van der Waals surface area contributed by atoms with E-state index >= 15 is 0 Å². The Morgan fingerprint density at radius 2 is 1.40 bits per heavy atom. The number of methoxy groups -OCH3 is 2. The van der Waals surface area contributed by atoms with Crippen molar-refractivity contribution in [3.8, 4) is 0 Å². The zero-order chi connectivity index (χ0) is 11.8. The Morgan fingerprint density at radius 3 is 1.67 bits per heavy atom. The highest BCUT2D eigenvalue weighted by Gasteiger charge is 2.17. The molecule has 0 amide bonds. The number of thioether (sulfide) groups is 1. The molecule has 1 unspecified atom stereocenters. The molecule has 0 fully saturated rings. The summed E-state index contributed by atoms with van der Waals surface area (Å²) in [6.45, 7) is 0. The lowest BCUT2D eigenvalue weighted by molar-refractivity contribution is -0.142. The molecular weight excluding hydrogens is 220 g/mol. The third-order valence-electron chi connectivity index (χ3n) is 1.60. The van der Waals surface area contributed by atoms with Crippen molar-refractivity contribution in [2.45, 2.75) is 12.1 Å². The van der Waals surface area contributed by atoms with Crippen molar-refractivity contribution in [2.24, 2.45) is 11.5 Å². The number of hydrogen-bond donors (Lipinski definition) is 2. The second kappa shape index (κ2) is 7.49. The van der Waals surface area contributed by atoms with Gasteiger partial charge in [-0.25, -0.2) is 0 Å². The molecule has 0 aliphatic heterocycles. The zero-order valence-corrected chi connectivity index (χ0v) is 9.58. The van der Waals surface area contributed by atoms with E-state index in [-0.39, 0.29) is 0 Å². The molecule has 0 heterocycles. The van der Waals surface area contributed by atoms with Crippen molar-refractivity contribution in [3.63, 3.8) is 0 Å². The van der Waals surface area contributed by atoms with E-state index in [1.807, 2.05) is 0 Å². The molecule has 15 heavy (non-hydrogen) atoms. The Balaban J connectivity index is 3.70. The monoisotopic (exact) mass is 236 g/mol. The predicted octanol–water partition coefficient (Wildman–Crippen LogP) is -1.28. The summed E-state index contributed by atoms with van der Waals surface area (Å²) in [5, 5.41) is 0. The normalized spacial score (nSPS) is 14.1. The number of rotatable bonds is 6. The van der Waals surface area contributed by atoms with E-state index in [4.69, 9.17) is 11.5 Å². The van der Waals surface area contributed by atoms with Crippen LogP contribution < -0.4 is 11.5 Å². The van der Waals surface area contributed by atoms with Crippen LogP contribution in [0.3, 0.4) is 0 Å². The summed E-state index contributed by atoms with van der Waals surface area (Å²) in [5.74, 6) is -0.238. The fraction of sp³-hybridized carbons (Fsp3) is 0.750. The quantitative estimate of drug-likeness (QED) is 0.553. The van der Waals surface area contributed by atoms with E-state index in [0.717, 1.165) is 0 Å². The lowest BCUT2D eigenvalue weighted by atomic mass is 10.4. The smallest absolute Gasteiger partial charge is 0.323 e. The van der Waals surface area contributed by atoms with Crippen molar-refractivity contribution in [3.05, 3.63) is 0 Å². The maximum Gasteiger partial charge on any atom is 0.323 e. The molecule has 4 N–H and O–H groups in total. The summed E-state index contributed by atoms with van der Waals surface area (Å²) in [6.07, 6.45) is 0. The summed E-state index contributed by atoms with van der Waals surface area (Å²) in [5.41, 5.74) is 10.9. The fourth-order valence-corrected chi connectivity index (χ4v) is 1.68. The fourth-order valence-electron chi connectivity index (χ4n) is 0.761. The van der Waals surface area contributed by atoms with Crippen LogP contribution in [0.4, 0.5) is 0 Å². The third kappa shape index (κ3) is 5.60. The van der Waals surface area contributed by atoms with Crippen molar-refractivity contribution in [2.75, 3.05) is 25.7 Å². The molecule has 0 aliphatic rings. The first-order valence-electron chi connectivity index (χ1n) is 4.27. The Bertz CT molecular complexity index is 203. The molecule has 0 rings (SSSR count). The molecule has 0 spiro atoms. The number of esters is 2. The molecule has 7 heteroatoms. The van der Waals surface area contributed by atoms with Gasteiger partial charge >= 0.3 is 11.9 Å². The molecule has 0 aromatic carbocycles. The molecule has 0 saturated carbocycles. The molecule has 2 atom stereocenters. The van der Waals surface area contributed by atoms with E-state index in [1.54, 1.807) is 0 Å². The first-order chi connectivity index (χ1) is 7.02. The molecule has 0 bridgehead atoms. The first kappa shape index (κ1) is 14.2. The zero-order valence-electron chi connectivity index (χ0n) is 8.76. The summed E-state index contributed by atoms with van der Waals surface area (Å²) >= 11 is 1.31. The Morgan fingerprint density at radius 1 is 1.07 bits per heavy atom. The van der Waals surface area contributed by atoms with Crippen LogP contribution in [0.2, 0.25) is 0 Å². The van der Waals surface area contributed by atoms with Gasteiger partial charge in [-0.05, 0) is 0 Å². The maximum atomic E-state index is 10.9. The van der Waals surface area contributed by atoms with Gasteiger partial charge in [0.1, 0.15) is 12.1 Å². The van der Waals surface area contributed by atoms with Crippen LogP contribution >= 0.6 is 11.8 Å². The molecule has 88 valence electrons. The lowest BCUT2D eigenvalue weighted by Crippen LogP contribution is -2.37. The van der Waals surface area contributed by atoms with Gasteiger partial charge in [-0.15, -0.1) is 0 Å².